The Bertz CT molecular complexity index is 3060. The molecule has 0 saturated carbocycles. The minimum Gasteiger partial charge on any atom is -0.309 e. The van der Waals surface area contributed by atoms with Crippen molar-refractivity contribution in [3.8, 4) is 11.4 Å². The van der Waals surface area contributed by atoms with Crippen molar-refractivity contribution in [2.75, 3.05) is 0 Å². The summed E-state index contributed by atoms with van der Waals surface area (Å²) in [7, 11) is 0. The van der Waals surface area contributed by atoms with Gasteiger partial charge in [0.05, 0.1) is 38.5 Å². The van der Waals surface area contributed by atoms with Gasteiger partial charge in [0.25, 0.3) is 0 Å². The SMILES string of the molecule is c1ccc(-n2c3ccccc3c3cc4c(cc32)c2ccc3c5ncccc5n5c6ncccc6nc5c3c2n4-c2ccccc2)cc1. The van der Waals surface area contributed by atoms with E-state index in [9.17, 15) is 0 Å². The Balaban J connectivity index is 1.42. The summed E-state index contributed by atoms with van der Waals surface area (Å²) in [5.74, 6) is 0. The average Bonchev–Trinajstić information content (AvgIpc) is 3.79. The number of pyridine rings is 3. The largest absolute Gasteiger partial charge is 0.309 e. The first-order valence-electron chi connectivity index (χ1n) is 15.8. The molecule has 0 fully saturated rings. The van der Waals surface area contributed by atoms with Crippen molar-refractivity contribution in [2.24, 2.45) is 0 Å². The highest BCUT2D eigenvalue weighted by atomic mass is 15.1. The molecule has 0 saturated heterocycles. The number of imidazole rings is 1. The predicted octanol–water partition coefficient (Wildman–Crippen LogP) is 9.78. The van der Waals surface area contributed by atoms with E-state index in [0.29, 0.717) is 0 Å². The van der Waals surface area contributed by atoms with Crippen LogP contribution in [0.3, 0.4) is 0 Å². The highest BCUT2D eigenvalue weighted by Gasteiger charge is 2.23. The second-order valence-electron chi connectivity index (χ2n) is 12.1. The Morgan fingerprint density at radius 3 is 1.89 bits per heavy atom. The van der Waals surface area contributed by atoms with Crippen LogP contribution in [0.2, 0.25) is 0 Å². The summed E-state index contributed by atoms with van der Waals surface area (Å²) >= 11 is 0. The lowest BCUT2D eigenvalue weighted by Crippen LogP contribution is -1.98. The highest BCUT2D eigenvalue weighted by Crippen LogP contribution is 2.43. The minimum atomic E-state index is 0.830. The molecule has 0 bridgehead atoms. The Hall–Kier alpha value is -6.53. The summed E-state index contributed by atoms with van der Waals surface area (Å²) in [4.78, 5) is 15.0. The van der Waals surface area contributed by atoms with E-state index in [-0.39, 0.29) is 0 Å². The Kier molecular flexibility index (Phi) is 4.75. The molecule has 0 amide bonds. The molecule has 0 unspecified atom stereocenters. The summed E-state index contributed by atoms with van der Waals surface area (Å²) < 4.78 is 6.99. The second kappa shape index (κ2) is 9.02. The third kappa shape index (κ3) is 3.21. The quantitative estimate of drug-likeness (QED) is 0.186. The van der Waals surface area contributed by atoms with Gasteiger partial charge in [0.15, 0.2) is 5.65 Å². The zero-order valence-electron chi connectivity index (χ0n) is 25.0. The molecule has 0 aliphatic heterocycles. The number of rotatable bonds is 2. The molecule has 11 rings (SSSR count). The van der Waals surface area contributed by atoms with Crippen LogP contribution in [0.1, 0.15) is 0 Å². The molecule has 11 aromatic rings. The van der Waals surface area contributed by atoms with Crippen LogP contribution in [0.4, 0.5) is 0 Å². The smallest absolute Gasteiger partial charge is 0.165 e. The lowest BCUT2D eigenvalue weighted by Gasteiger charge is -2.12. The van der Waals surface area contributed by atoms with Gasteiger partial charge in [-0.25, -0.2) is 9.97 Å². The zero-order chi connectivity index (χ0) is 30.6. The first-order chi connectivity index (χ1) is 23.3. The van der Waals surface area contributed by atoms with Gasteiger partial charge < -0.3 is 9.13 Å². The van der Waals surface area contributed by atoms with Crippen molar-refractivity contribution in [3.63, 3.8) is 0 Å². The lowest BCUT2D eigenvalue weighted by molar-refractivity contribution is 1.18. The van der Waals surface area contributed by atoms with Gasteiger partial charge in [0.1, 0.15) is 11.2 Å². The van der Waals surface area contributed by atoms with E-state index in [0.717, 1.165) is 61.0 Å². The van der Waals surface area contributed by atoms with Crippen molar-refractivity contribution in [1.82, 2.24) is 28.5 Å². The van der Waals surface area contributed by atoms with E-state index in [4.69, 9.17) is 15.0 Å². The van der Waals surface area contributed by atoms with Crippen molar-refractivity contribution < 1.29 is 0 Å². The monoisotopic (exact) mass is 600 g/mol. The first-order valence-corrected chi connectivity index (χ1v) is 15.8. The van der Waals surface area contributed by atoms with Crippen LogP contribution in [0.25, 0.3) is 93.6 Å². The minimum absolute atomic E-state index is 0.830. The van der Waals surface area contributed by atoms with Crippen LogP contribution < -0.4 is 0 Å². The van der Waals surface area contributed by atoms with Gasteiger partial charge in [-0.2, -0.15) is 0 Å². The number of nitrogens with zero attached hydrogens (tertiary/aromatic N) is 6. The van der Waals surface area contributed by atoms with Gasteiger partial charge in [-0.1, -0.05) is 66.7 Å². The fraction of sp³-hybridized carbons (Fsp3) is 0. The number of fused-ring (bicyclic) bond motifs is 15. The topological polar surface area (TPSA) is 52.9 Å². The molecule has 218 valence electrons. The van der Waals surface area contributed by atoms with Crippen LogP contribution >= 0.6 is 0 Å². The Labute approximate surface area is 267 Å². The van der Waals surface area contributed by atoms with Gasteiger partial charge in [-0.3, -0.25) is 9.38 Å². The Morgan fingerprint density at radius 2 is 1.06 bits per heavy atom. The zero-order valence-corrected chi connectivity index (χ0v) is 25.0. The number of hydrogen-bond acceptors (Lipinski definition) is 3. The molecule has 6 heterocycles. The van der Waals surface area contributed by atoms with E-state index in [1.165, 1.54) is 32.6 Å². The third-order valence-electron chi connectivity index (χ3n) is 9.67. The van der Waals surface area contributed by atoms with Crippen molar-refractivity contribution in [1.29, 1.82) is 0 Å². The summed E-state index contributed by atoms with van der Waals surface area (Å²) in [6, 6.07) is 47.4. The molecule has 5 aromatic carbocycles. The van der Waals surface area contributed by atoms with Crippen LogP contribution in [0.15, 0.2) is 146 Å². The summed E-state index contributed by atoms with van der Waals surface area (Å²) in [5.41, 5.74) is 11.4. The number of hydrogen-bond donors (Lipinski definition) is 0. The van der Waals surface area contributed by atoms with Crippen LogP contribution in [-0.4, -0.2) is 28.5 Å². The lowest BCUT2D eigenvalue weighted by atomic mass is 10.0. The van der Waals surface area contributed by atoms with Crippen molar-refractivity contribution in [2.45, 2.75) is 0 Å². The maximum absolute atomic E-state index is 5.24. The molecule has 0 radical (unpaired) electrons. The van der Waals surface area contributed by atoms with Crippen molar-refractivity contribution >= 4 is 82.2 Å². The van der Waals surface area contributed by atoms with Gasteiger partial charge in [-0.15, -0.1) is 0 Å². The van der Waals surface area contributed by atoms with Gasteiger partial charge in [0, 0.05) is 50.7 Å². The molecule has 6 heteroatoms. The van der Waals surface area contributed by atoms with Gasteiger partial charge in [0.2, 0.25) is 0 Å². The standard InChI is InChI=1S/C41H24N6/c1-3-11-25(12-4-1)45-33-17-8-7-15-27(33)30-23-36-31(24-35(30)45)28-19-20-29-37(39(28)46(36)26-13-5-2-6-14-26)41-44-32-16-9-22-43-40(32)47(41)34-18-10-21-42-38(29)34/h1-24H. The van der Waals surface area contributed by atoms with E-state index < -0.39 is 0 Å². The second-order valence-corrected chi connectivity index (χ2v) is 12.1. The fourth-order valence-electron chi connectivity index (χ4n) is 7.78. The Morgan fingerprint density at radius 1 is 0.426 bits per heavy atom. The fourth-order valence-corrected chi connectivity index (χ4v) is 7.78. The summed E-state index contributed by atoms with van der Waals surface area (Å²) in [6.45, 7) is 0. The number of aromatic nitrogens is 6. The predicted molar refractivity (Wildman–Crippen MR) is 192 cm³/mol. The maximum atomic E-state index is 5.24. The molecule has 0 spiro atoms. The molecule has 0 aliphatic carbocycles. The average molecular weight is 601 g/mol. The molecule has 47 heavy (non-hydrogen) atoms. The molecule has 6 aromatic heterocycles. The molecule has 6 nitrogen and oxygen atoms in total. The van der Waals surface area contributed by atoms with E-state index >= 15 is 0 Å². The van der Waals surface area contributed by atoms with E-state index in [2.05, 4.69) is 129 Å². The number of benzene rings is 5. The van der Waals surface area contributed by atoms with E-state index in [1.54, 1.807) is 0 Å². The number of para-hydroxylation sites is 3. The molecular weight excluding hydrogens is 576 g/mol. The third-order valence-corrected chi connectivity index (χ3v) is 9.67. The molecule has 0 atom stereocenters. The van der Waals surface area contributed by atoms with Crippen molar-refractivity contribution in [3.05, 3.63) is 146 Å². The molecule has 0 aliphatic rings. The molecule has 0 N–H and O–H groups in total. The maximum Gasteiger partial charge on any atom is 0.165 e. The summed E-state index contributed by atoms with van der Waals surface area (Å²) in [6.07, 6.45) is 3.71. The normalized spacial score (nSPS) is 12.3. The van der Waals surface area contributed by atoms with Crippen LogP contribution in [0, 0.1) is 0 Å². The van der Waals surface area contributed by atoms with Gasteiger partial charge >= 0.3 is 0 Å². The van der Waals surface area contributed by atoms with Crippen LogP contribution in [0.5, 0.6) is 0 Å². The van der Waals surface area contributed by atoms with Crippen LogP contribution in [-0.2, 0) is 0 Å². The van der Waals surface area contributed by atoms with E-state index in [1.807, 2.05) is 30.6 Å². The highest BCUT2D eigenvalue weighted by molar-refractivity contribution is 6.28. The molecular formula is C41H24N6. The van der Waals surface area contributed by atoms with Gasteiger partial charge in [-0.05, 0) is 66.7 Å². The first kappa shape index (κ1) is 24.8. The summed E-state index contributed by atoms with van der Waals surface area (Å²) in [5, 5.41) is 6.93.